The molecule has 0 radical (unpaired) electrons. The number of carbonyl (C=O) groups is 1. The molecule has 1 amide bonds. The van der Waals surface area contributed by atoms with Gasteiger partial charge in [0, 0.05) is 12.6 Å². The Labute approximate surface area is 134 Å². The molecule has 0 aromatic heterocycles. The van der Waals surface area contributed by atoms with Crippen molar-refractivity contribution in [1.82, 2.24) is 5.32 Å². The smallest absolute Gasteiger partial charge is 0.233 e. The first-order valence-corrected chi connectivity index (χ1v) is 8.55. The van der Waals surface area contributed by atoms with E-state index in [0.29, 0.717) is 24.4 Å². The van der Waals surface area contributed by atoms with E-state index in [0.717, 1.165) is 25.7 Å². The molecule has 5 heteroatoms. The summed E-state index contributed by atoms with van der Waals surface area (Å²) in [6.45, 7) is 8.92. The highest BCUT2D eigenvalue weighted by atomic mass is 32.1. The van der Waals surface area contributed by atoms with Crippen molar-refractivity contribution in [3.8, 4) is 0 Å². The number of amides is 1. The number of rotatable bonds is 7. The molecule has 1 heterocycles. The molecule has 0 bridgehead atoms. The fraction of sp³-hybridized carbons (Fsp3) is 0.875. The van der Waals surface area contributed by atoms with Gasteiger partial charge in [-0.2, -0.15) is 0 Å². The SMILES string of the molecule is CCC1(CC)CC(NC(=O)C(CC)(CC)C(N)=S)CCO1. The van der Waals surface area contributed by atoms with E-state index in [2.05, 4.69) is 19.2 Å². The lowest BCUT2D eigenvalue weighted by Crippen LogP contribution is -2.54. The fourth-order valence-corrected chi connectivity index (χ4v) is 3.63. The molecule has 1 unspecified atom stereocenters. The third-order valence-corrected chi connectivity index (χ3v) is 5.62. The second kappa shape index (κ2) is 7.54. The van der Waals surface area contributed by atoms with Crippen LogP contribution in [0.1, 0.15) is 66.2 Å². The van der Waals surface area contributed by atoms with Crippen LogP contribution in [0.2, 0.25) is 0 Å². The maximum atomic E-state index is 12.7. The van der Waals surface area contributed by atoms with Crippen molar-refractivity contribution >= 4 is 23.1 Å². The maximum Gasteiger partial charge on any atom is 0.233 e. The summed E-state index contributed by atoms with van der Waals surface area (Å²) in [5.41, 5.74) is 5.04. The van der Waals surface area contributed by atoms with Crippen molar-refractivity contribution < 1.29 is 9.53 Å². The minimum Gasteiger partial charge on any atom is -0.392 e. The van der Waals surface area contributed by atoms with Gasteiger partial charge in [-0.1, -0.05) is 39.9 Å². The number of hydrogen-bond donors (Lipinski definition) is 2. The number of thiocarbonyl (C=S) groups is 1. The third-order valence-electron chi connectivity index (χ3n) is 5.23. The van der Waals surface area contributed by atoms with Gasteiger partial charge in [0.15, 0.2) is 0 Å². The molecule has 1 fully saturated rings. The Morgan fingerprint density at radius 1 is 1.33 bits per heavy atom. The largest absolute Gasteiger partial charge is 0.392 e. The predicted molar refractivity (Wildman–Crippen MR) is 90.2 cm³/mol. The van der Waals surface area contributed by atoms with Crippen molar-refractivity contribution in [2.24, 2.45) is 11.1 Å². The van der Waals surface area contributed by atoms with Crippen molar-refractivity contribution in [2.45, 2.75) is 77.9 Å². The summed E-state index contributed by atoms with van der Waals surface area (Å²) in [5.74, 6) is -0.0204. The second-order valence-corrected chi connectivity index (χ2v) is 6.50. The van der Waals surface area contributed by atoms with Gasteiger partial charge in [-0.3, -0.25) is 4.79 Å². The lowest BCUT2D eigenvalue weighted by atomic mass is 9.80. The molecular weight excluding hydrogens is 284 g/mol. The summed E-state index contributed by atoms with van der Waals surface area (Å²) in [6.07, 6.45) is 4.94. The van der Waals surface area contributed by atoms with Gasteiger partial charge in [0.1, 0.15) is 0 Å². The summed E-state index contributed by atoms with van der Waals surface area (Å²) < 4.78 is 5.96. The van der Waals surface area contributed by atoms with E-state index in [1.54, 1.807) is 0 Å². The van der Waals surface area contributed by atoms with Gasteiger partial charge in [0.2, 0.25) is 5.91 Å². The zero-order chi connectivity index (χ0) is 16.1. The molecule has 122 valence electrons. The Hall–Kier alpha value is -0.680. The first kappa shape index (κ1) is 18.4. The molecule has 1 atom stereocenters. The average molecular weight is 314 g/mol. The molecule has 1 aliphatic heterocycles. The van der Waals surface area contributed by atoms with Gasteiger partial charge in [0.25, 0.3) is 0 Å². The number of nitrogens with two attached hydrogens (primary N) is 1. The Morgan fingerprint density at radius 2 is 1.90 bits per heavy atom. The van der Waals surface area contributed by atoms with Gasteiger partial charge in [0.05, 0.1) is 16.0 Å². The first-order chi connectivity index (χ1) is 9.89. The highest BCUT2D eigenvalue weighted by Crippen LogP contribution is 2.33. The van der Waals surface area contributed by atoms with Crippen molar-refractivity contribution in [3.05, 3.63) is 0 Å². The molecule has 1 aliphatic rings. The molecule has 4 nitrogen and oxygen atoms in total. The molecule has 0 aromatic carbocycles. The molecule has 1 saturated heterocycles. The predicted octanol–water partition coefficient (Wildman–Crippen LogP) is 2.93. The monoisotopic (exact) mass is 314 g/mol. The van der Waals surface area contributed by atoms with Crippen LogP contribution in [0.3, 0.4) is 0 Å². The zero-order valence-electron chi connectivity index (χ0n) is 13.8. The van der Waals surface area contributed by atoms with Crippen molar-refractivity contribution in [3.63, 3.8) is 0 Å². The van der Waals surface area contributed by atoms with E-state index in [4.69, 9.17) is 22.7 Å². The number of carbonyl (C=O) groups excluding carboxylic acids is 1. The average Bonchev–Trinajstić information content (AvgIpc) is 2.48. The van der Waals surface area contributed by atoms with E-state index in [1.807, 2.05) is 13.8 Å². The van der Waals surface area contributed by atoms with Gasteiger partial charge in [-0.15, -0.1) is 0 Å². The third kappa shape index (κ3) is 3.75. The molecule has 21 heavy (non-hydrogen) atoms. The lowest BCUT2D eigenvalue weighted by molar-refractivity contribution is -0.132. The lowest BCUT2D eigenvalue weighted by Gasteiger charge is -2.41. The van der Waals surface area contributed by atoms with Gasteiger partial charge in [-0.05, 0) is 38.5 Å². The van der Waals surface area contributed by atoms with Crippen molar-refractivity contribution in [2.75, 3.05) is 6.61 Å². The van der Waals surface area contributed by atoms with Crippen LogP contribution in [-0.4, -0.2) is 29.1 Å². The molecule has 0 aliphatic carbocycles. The standard InChI is InChI=1S/C16H30N2O2S/c1-5-15(6-2)11-12(9-10-20-15)18-14(19)16(7-3,8-4)13(17)21/h12H,5-11H2,1-4H3,(H2,17,21)(H,18,19). The Balaban J connectivity index is 2.80. The Bertz CT molecular complexity index is 376. The normalized spacial score (nSPS) is 21.8. The summed E-state index contributed by atoms with van der Waals surface area (Å²) in [4.78, 5) is 13.0. The summed E-state index contributed by atoms with van der Waals surface area (Å²) in [7, 11) is 0. The van der Waals surface area contributed by atoms with E-state index < -0.39 is 5.41 Å². The number of ether oxygens (including phenoxy) is 1. The fourth-order valence-electron chi connectivity index (χ4n) is 3.25. The summed E-state index contributed by atoms with van der Waals surface area (Å²) >= 11 is 5.15. The topological polar surface area (TPSA) is 64.4 Å². The Kier molecular flexibility index (Phi) is 6.60. The van der Waals surface area contributed by atoms with E-state index in [1.165, 1.54) is 0 Å². The quantitative estimate of drug-likeness (QED) is 0.709. The number of nitrogens with one attached hydrogen (secondary N) is 1. The Morgan fingerprint density at radius 3 is 2.33 bits per heavy atom. The summed E-state index contributed by atoms with van der Waals surface area (Å²) in [5, 5.41) is 3.18. The maximum absolute atomic E-state index is 12.7. The molecule has 0 saturated carbocycles. The van der Waals surface area contributed by atoms with E-state index >= 15 is 0 Å². The van der Waals surface area contributed by atoms with E-state index in [9.17, 15) is 4.79 Å². The first-order valence-electron chi connectivity index (χ1n) is 8.14. The highest BCUT2D eigenvalue weighted by Gasteiger charge is 2.41. The van der Waals surface area contributed by atoms with E-state index in [-0.39, 0.29) is 17.6 Å². The van der Waals surface area contributed by atoms with Gasteiger partial charge < -0.3 is 15.8 Å². The molecular formula is C16H30N2O2S. The minimum absolute atomic E-state index is 0.0204. The molecule has 1 rings (SSSR count). The van der Waals surface area contributed by atoms with Crippen LogP contribution >= 0.6 is 12.2 Å². The molecule has 0 spiro atoms. The minimum atomic E-state index is -0.714. The second-order valence-electron chi connectivity index (χ2n) is 6.06. The molecule has 3 N–H and O–H groups in total. The van der Waals surface area contributed by atoms with Crippen LogP contribution in [-0.2, 0) is 9.53 Å². The van der Waals surface area contributed by atoms with Gasteiger partial charge >= 0.3 is 0 Å². The van der Waals surface area contributed by atoms with Crippen LogP contribution in [0, 0.1) is 5.41 Å². The van der Waals surface area contributed by atoms with Gasteiger partial charge in [-0.25, -0.2) is 0 Å². The summed E-state index contributed by atoms with van der Waals surface area (Å²) in [6, 6.07) is 0.151. The van der Waals surface area contributed by atoms with Crippen LogP contribution in [0.15, 0.2) is 0 Å². The van der Waals surface area contributed by atoms with Crippen LogP contribution < -0.4 is 11.1 Å². The van der Waals surface area contributed by atoms with Crippen LogP contribution in [0.5, 0.6) is 0 Å². The van der Waals surface area contributed by atoms with Crippen molar-refractivity contribution in [1.29, 1.82) is 0 Å². The number of hydrogen-bond acceptors (Lipinski definition) is 3. The highest BCUT2D eigenvalue weighted by molar-refractivity contribution is 7.80. The zero-order valence-corrected chi connectivity index (χ0v) is 14.6. The van der Waals surface area contributed by atoms with Crippen LogP contribution in [0.4, 0.5) is 0 Å². The molecule has 0 aromatic rings. The van der Waals surface area contributed by atoms with Crippen LogP contribution in [0.25, 0.3) is 0 Å².